The Bertz CT molecular complexity index is 853. The Morgan fingerprint density at radius 3 is 2.88 bits per heavy atom. The fraction of sp³-hybridized carbons (Fsp3) is 0.500. The molecule has 1 aromatic heterocycles. The minimum Gasteiger partial charge on any atom is -0.492 e. The SMILES string of the molecule is CCOc1cc(C)c(Cl)cc1S(=O)(=O)N1CCCC(Cn2ccnc2)C1. The van der Waals surface area contributed by atoms with Gasteiger partial charge in [-0.2, -0.15) is 4.31 Å². The van der Waals surface area contributed by atoms with Crippen LogP contribution in [0, 0.1) is 12.8 Å². The molecule has 3 rings (SSSR count). The zero-order valence-electron chi connectivity index (χ0n) is 15.1. The second-order valence-corrected chi connectivity index (χ2v) is 8.93. The number of piperidine rings is 1. The van der Waals surface area contributed by atoms with Crippen LogP contribution in [-0.4, -0.2) is 42.0 Å². The van der Waals surface area contributed by atoms with E-state index in [0.717, 1.165) is 24.9 Å². The van der Waals surface area contributed by atoms with Gasteiger partial charge >= 0.3 is 0 Å². The van der Waals surface area contributed by atoms with Crippen LogP contribution in [0.2, 0.25) is 5.02 Å². The molecule has 1 saturated heterocycles. The van der Waals surface area contributed by atoms with Crippen LogP contribution >= 0.6 is 11.6 Å². The lowest BCUT2D eigenvalue weighted by Gasteiger charge is -2.32. The van der Waals surface area contributed by atoms with E-state index in [1.54, 1.807) is 22.9 Å². The predicted octanol–water partition coefficient (Wildman–Crippen LogP) is 3.34. The predicted molar refractivity (Wildman–Crippen MR) is 101 cm³/mol. The highest BCUT2D eigenvalue weighted by Gasteiger charge is 2.33. The molecule has 0 amide bonds. The molecule has 2 aromatic rings. The van der Waals surface area contributed by atoms with Crippen molar-refractivity contribution in [2.45, 2.75) is 38.1 Å². The van der Waals surface area contributed by atoms with Crippen LogP contribution in [0.5, 0.6) is 5.75 Å². The average Bonchev–Trinajstić information content (AvgIpc) is 3.11. The molecule has 1 fully saturated rings. The van der Waals surface area contributed by atoms with Gasteiger partial charge in [0.05, 0.1) is 12.9 Å². The number of hydrogen-bond donors (Lipinski definition) is 0. The van der Waals surface area contributed by atoms with E-state index in [9.17, 15) is 8.42 Å². The molecule has 0 bridgehead atoms. The number of nitrogens with zero attached hydrogens (tertiary/aromatic N) is 3. The topological polar surface area (TPSA) is 64.4 Å². The Kier molecular flexibility index (Phi) is 5.89. The quantitative estimate of drug-likeness (QED) is 0.749. The van der Waals surface area contributed by atoms with Crippen molar-refractivity contribution < 1.29 is 13.2 Å². The molecule has 2 heterocycles. The van der Waals surface area contributed by atoms with Gasteiger partial charge in [0.1, 0.15) is 10.6 Å². The van der Waals surface area contributed by atoms with Crippen molar-refractivity contribution >= 4 is 21.6 Å². The van der Waals surface area contributed by atoms with Crippen molar-refractivity contribution in [2.24, 2.45) is 5.92 Å². The number of sulfonamides is 1. The maximum atomic E-state index is 13.3. The first-order valence-corrected chi connectivity index (χ1v) is 10.6. The van der Waals surface area contributed by atoms with Crippen molar-refractivity contribution in [3.63, 3.8) is 0 Å². The van der Waals surface area contributed by atoms with E-state index in [1.165, 1.54) is 6.07 Å². The number of aryl methyl sites for hydroxylation is 1. The zero-order chi connectivity index (χ0) is 18.7. The largest absolute Gasteiger partial charge is 0.492 e. The molecule has 0 saturated carbocycles. The third kappa shape index (κ3) is 4.05. The van der Waals surface area contributed by atoms with Crippen molar-refractivity contribution in [1.29, 1.82) is 0 Å². The van der Waals surface area contributed by atoms with Gasteiger partial charge < -0.3 is 9.30 Å². The van der Waals surface area contributed by atoms with E-state index in [4.69, 9.17) is 16.3 Å². The van der Waals surface area contributed by atoms with E-state index < -0.39 is 10.0 Å². The van der Waals surface area contributed by atoms with Gasteiger partial charge in [-0.05, 0) is 50.3 Å². The van der Waals surface area contributed by atoms with Crippen molar-refractivity contribution in [3.8, 4) is 5.75 Å². The van der Waals surface area contributed by atoms with Crippen LogP contribution in [0.4, 0.5) is 0 Å². The van der Waals surface area contributed by atoms with Gasteiger partial charge in [0, 0.05) is 37.1 Å². The molecule has 1 aliphatic rings. The molecule has 0 aliphatic carbocycles. The highest BCUT2D eigenvalue weighted by molar-refractivity contribution is 7.89. The molecule has 26 heavy (non-hydrogen) atoms. The molecule has 1 unspecified atom stereocenters. The summed E-state index contributed by atoms with van der Waals surface area (Å²) >= 11 is 6.21. The van der Waals surface area contributed by atoms with E-state index >= 15 is 0 Å². The fourth-order valence-electron chi connectivity index (χ4n) is 3.33. The van der Waals surface area contributed by atoms with E-state index in [2.05, 4.69) is 4.98 Å². The second kappa shape index (κ2) is 7.98. The lowest BCUT2D eigenvalue weighted by molar-refractivity contribution is 0.244. The number of imidazole rings is 1. The van der Waals surface area contributed by atoms with Crippen LogP contribution in [-0.2, 0) is 16.6 Å². The van der Waals surface area contributed by atoms with Crippen LogP contribution in [0.25, 0.3) is 0 Å². The lowest BCUT2D eigenvalue weighted by Crippen LogP contribution is -2.41. The van der Waals surface area contributed by atoms with Crippen LogP contribution < -0.4 is 4.74 Å². The molecule has 0 spiro atoms. The van der Waals surface area contributed by atoms with E-state index in [1.807, 2.05) is 24.6 Å². The number of hydrogen-bond acceptors (Lipinski definition) is 4. The van der Waals surface area contributed by atoms with Crippen LogP contribution in [0.15, 0.2) is 35.7 Å². The lowest BCUT2D eigenvalue weighted by atomic mass is 10.00. The molecule has 8 heteroatoms. The molecule has 1 aromatic carbocycles. The third-order valence-electron chi connectivity index (χ3n) is 4.65. The Labute approximate surface area is 159 Å². The number of halogens is 1. The Morgan fingerprint density at radius 2 is 2.19 bits per heavy atom. The molecule has 1 atom stereocenters. The van der Waals surface area contributed by atoms with Gasteiger partial charge in [-0.15, -0.1) is 0 Å². The van der Waals surface area contributed by atoms with Crippen molar-refractivity contribution in [1.82, 2.24) is 13.9 Å². The molecule has 6 nitrogen and oxygen atoms in total. The van der Waals surface area contributed by atoms with Gasteiger partial charge in [-0.3, -0.25) is 0 Å². The summed E-state index contributed by atoms with van der Waals surface area (Å²) in [7, 11) is -3.67. The summed E-state index contributed by atoms with van der Waals surface area (Å²) in [4.78, 5) is 4.20. The third-order valence-corrected chi connectivity index (χ3v) is 6.95. The highest BCUT2D eigenvalue weighted by atomic mass is 35.5. The van der Waals surface area contributed by atoms with Crippen molar-refractivity contribution in [2.75, 3.05) is 19.7 Å². The van der Waals surface area contributed by atoms with Gasteiger partial charge in [-0.25, -0.2) is 13.4 Å². The van der Waals surface area contributed by atoms with Gasteiger partial charge in [-0.1, -0.05) is 11.6 Å². The van der Waals surface area contributed by atoms with Gasteiger partial charge in [0.2, 0.25) is 10.0 Å². The molecule has 142 valence electrons. The first kappa shape index (κ1) is 19.2. The average molecular weight is 398 g/mol. The van der Waals surface area contributed by atoms with E-state index in [-0.39, 0.29) is 10.8 Å². The van der Waals surface area contributed by atoms with Crippen LogP contribution in [0.1, 0.15) is 25.3 Å². The summed E-state index contributed by atoms with van der Waals surface area (Å²) in [5.74, 6) is 0.621. The summed E-state index contributed by atoms with van der Waals surface area (Å²) in [6.45, 7) is 5.83. The minimum absolute atomic E-state index is 0.151. The first-order valence-electron chi connectivity index (χ1n) is 8.80. The van der Waals surface area contributed by atoms with Crippen LogP contribution in [0.3, 0.4) is 0 Å². The van der Waals surface area contributed by atoms with Crippen molar-refractivity contribution in [3.05, 3.63) is 41.4 Å². The van der Waals surface area contributed by atoms with Gasteiger partial charge in [0.15, 0.2) is 0 Å². The maximum Gasteiger partial charge on any atom is 0.246 e. The number of ether oxygens (including phenoxy) is 1. The second-order valence-electron chi connectivity index (χ2n) is 6.61. The fourth-order valence-corrected chi connectivity index (χ4v) is 5.25. The summed E-state index contributed by atoms with van der Waals surface area (Å²) in [5, 5.41) is 0.430. The Hall–Kier alpha value is -1.57. The smallest absolute Gasteiger partial charge is 0.246 e. The maximum absolute atomic E-state index is 13.3. The monoisotopic (exact) mass is 397 g/mol. The Balaban J connectivity index is 1.86. The summed E-state index contributed by atoms with van der Waals surface area (Å²) in [6.07, 6.45) is 7.24. The minimum atomic E-state index is -3.67. The summed E-state index contributed by atoms with van der Waals surface area (Å²) < 4.78 is 35.7. The highest BCUT2D eigenvalue weighted by Crippen LogP contribution is 2.34. The molecular weight excluding hydrogens is 374 g/mol. The number of benzene rings is 1. The number of rotatable bonds is 6. The molecule has 0 radical (unpaired) electrons. The first-order chi connectivity index (χ1) is 12.4. The number of aromatic nitrogens is 2. The summed E-state index contributed by atoms with van der Waals surface area (Å²) in [5.41, 5.74) is 0.797. The molecular formula is C18H24ClN3O3S. The standard InChI is InChI=1S/C18H24ClN3O3S/c1-3-25-17-9-14(2)16(19)10-18(17)26(23,24)22-7-4-5-15(12-22)11-21-8-6-20-13-21/h6,8-10,13,15H,3-5,7,11-12H2,1-2H3. The Morgan fingerprint density at radius 1 is 1.38 bits per heavy atom. The molecule has 1 aliphatic heterocycles. The molecule has 0 N–H and O–H groups in total. The van der Waals surface area contributed by atoms with E-state index in [0.29, 0.717) is 30.5 Å². The van der Waals surface area contributed by atoms with Gasteiger partial charge in [0.25, 0.3) is 0 Å². The zero-order valence-corrected chi connectivity index (χ0v) is 16.6. The summed E-state index contributed by atoms with van der Waals surface area (Å²) in [6, 6.07) is 3.21. The normalized spacial score (nSPS) is 18.8.